The van der Waals surface area contributed by atoms with Crippen LogP contribution in [0.4, 0.5) is 14.5 Å². The molecular formula is C13H12F2N2O2S. The quantitative estimate of drug-likeness (QED) is 0.871. The molecule has 0 aliphatic heterocycles. The molecule has 0 aliphatic carbocycles. The van der Waals surface area contributed by atoms with Crippen molar-refractivity contribution in [3.05, 3.63) is 54.4 Å². The molecule has 2 rings (SSSR count). The third-order valence-corrected chi connectivity index (χ3v) is 4.64. The Kier molecular flexibility index (Phi) is 3.99. The summed E-state index contributed by atoms with van der Waals surface area (Å²) in [5.74, 6) is -2.57. The van der Waals surface area contributed by atoms with Crippen LogP contribution in [0.5, 0.6) is 0 Å². The molecule has 4 nitrogen and oxygen atoms in total. The van der Waals surface area contributed by atoms with Gasteiger partial charge in [-0.3, -0.25) is 9.29 Å². The predicted molar refractivity (Wildman–Crippen MR) is 70.8 cm³/mol. The lowest BCUT2D eigenvalue weighted by Crippen LogP contribution is -2.31. The lowest BCUT2D eigenvalue weighted by Gasteiger charge is -2.22. The lowest BCUT2D eigenvalue weighted by molar-refractivity contribution is 0.484. The first kappa shape index (κ1) is 14.4. The number of nitrogens with zero attached hydrogens (tertiary/aromatic N) is 2. The molecule has 0 saturated heterocycles. The number of pyridine rings is 1. The van der Waals surface area contributed by atoms with Gasteiger partial charge in [-0.15, -0.1) is 0 Å². The Hall–Kier alpha value is -2.02. The number of aromatic nitrogens is 1. The largest absolute Gasteiger partial charge is 0.267 e. The highest BCUT2D eigenvalue weighted by Crippen LogP contribution is 2.25. The molecule has 1 aromatic carbocycles. The number of anilines is 1. The fourth-order valence-electron chi connectivity index (χ4n) is 1.80. The first-order valence-corrected chi connectivity index (χ1v) is 7.29. The van der Waals surface area contributed by atoms with Crippen molar-refractivity contribution in [2.75, 3.05) is 10.8 Å². The van der Waals surface area contributed by atoms with Crippen molar-refractivity contribution >= 4 is 15.7 Å². The van der Waals surface area contributed by atoms with Gasteiger partial charge < -0.3 is 0 Å². The van der Waals surface area contributed by atoms with Crippen LogP contribution in [0.1, 0.15) is 6.92 Å². The van der Waals surface area contributed by atoms with E-state index in [1.54, 1.807) is 6.92 Å². The van der Waals surface area contributed by atoms with Crippen molar-refractivity contribution in [2.24, 2.45) is 0 Å². The van der Waals surface area contributed by atoms with Gasteiger partial charge in [0, 0.05) is 18.9 Å². The zero-order chi connectivity index (χ0) is 14.8. The summed E-state index contributed by atoms with van der Waals surface area (Å²) in [6.45, 7) is 1.69. The Morgan fingerprint density at radius 2 is 1.80 bits per heavy atom. The minimum Gasteiger partial charge on any atom is -0.266 e. The second-order valence-electron chi connectivity index (χ2n) is 3.93. The molecule has 0 N–H and O–H groups in total. The fourth-order valence-corrected chi connectivity index (χ4v) is 3.35. The van der Waals surface area contributed by atoms with Crippen LogP contribution in [0.2, 0.25) is 0 Å². The molecule has 0 atom stereocenters. The Bertz CT molecular complexity index is 706. The summed E-state index contributed by atoms with van der Waals surface area (Å²) < 4.78 is 52.8. The average molecular weight is 298 g/mol. The highest BCUT2D eigenvalue weighted by Gasteiger charge is 2.28. The zero-order valence-electron chi connectivity index (χ0n) is 10.6. The minimum absolute atomic E-state index is 0.0856. The van der Waals surface area contributed by atoms with Crippen molar-refractivity contribution < 1.29 is 17.2 Å². The number of hydrogen-bond acceptors (Lipinski definition) is 3. The third kappa shape index (κ3) is 2.49. The Labute approximate surface area is 115 Å². The first-order valence-electron chi connectivity index (χ1n) is 5.85. The summed E-state index contributed by atoms with van der Waals surface area (Å²) in [7, 11) is -4.17. The molecule has 106 valence electrons. The number of sulfonamides is 1. The predicted octanol–water partition coefficient (Wildman–Crippen LogP) is 2.58. The van der Waals surface area contributed by atoms with Crippen LogP contribution in [0, 0.1) is 11.6 Å². The molecule has 0 bridgehead atoms. The van der Waals surface area contributed by atoms with Crippen LogP contribution in [0.15, 0.2) is 47.6 Å². The van der Waals surface area contributed by atoms with Crippen LogP contribution < -0.4 is 4.31 Å². The summed E-state index contributed by atoms with van der Waals surface area (Å²) in [5, 5.41) is 0. The van der Waals surface area contributed by atoms with Gasteiger partial charge in [0.2, 0.25) is 0 Å². The van der Waals surface area contributed by atoms with Gasteiger partial charge in [-0.25, -0.2) is 17.2 Å². The van der Waals surface area contributed by atoms with Crippen LogP contribution in [-0.2, 0) is 10.0 Å². The normalized spacial score (nSPS) is 11.3. The Balaban J connectivity index is 2.56. The van der Waals surface area contributed by atoms with E-state index in [0.29, 0.717) is 5.69 Å². The number of rotatable bonds is 4. The monoisotopic (exact) mass is 298 g/mol. The highest BCUT2D eigenvalue weighted by atomic mass is 32.2. The maximum absolute atomic E-state index is 13.7. The second-order valence-corrected chi connectivity index (χ2v) is 5.76. The van der Waals surface area contributed by atoms with Gasteiger partial charge in [-0.1, -0.05) is 6.07 Å². The van der Waals surface area contributed by atoms with Crippen molar-refractivity contribution in [1.29, 1.82) is 0 Å². The maximum atomic E-state index is 13.7. The summed E-state index contributed by atoms with van der Waals surface area (Å²) in [4.78, 5) is 3.11. The van der Waals surface area contributed by atoms with E-state index in [2.05, 4.69) is 4.98 Å². The van der Waals surface area contributed by atoms with Gasteiger partial charge in [0.05, 0.1) is 5.69 Å². The molecule has 0 saturated carbocycles. The van der Waals surface area contributed by atoms with Gasteiger partial charge in [-0.2, -0.15) is 0 Å². The maximum Gasteiger partial charge on any atom is 0.267 e. The summed E-state index contributed by atoms with van der Waals surface area (Å²) in [6.07, 6.45) is 2.85. The molecule has 0 spiro atoms. The smallest absolute Gasteiger partial charge is 0.266 e. The summed E-state index contributed by atoms with van der Waals surface area (Å²) in [6, 6.07) is 6.04. The topological polar surface area (TPSA) is 50.3 Å². The summed E-state index contributed by atoms with van der Waals surface area (Å²) in [5.41, 5.74) is 0.339. The van der Waals surface area contributed by atoms with E-state index in [-0.39, 0.29) is 6.54 Å². The first-order chi connectivity index (χ1) is 9.48. The molecule has 20 heavy (non-hydrogen) atoms. The minimum atomic E-state index is -4.17. The molecule has 0 aliphatic rings. The standard InChI is InChI=1S/C13H12F2N2O2S/c1-2-17(10-6-8-16-9-7-10)20(18,19)12-5-3-4-11(14)13(12)15/h3-9H,2H2,1H3. The molecule has 7 heteroatoms. The van der Waals surface area contributed by atoms with E-state index in [4.69, 9.17) is 0 Å². The van der Waals surface area contributed by atoms with Crippen LogP contribution in [0.25, 0.3) is 0 Å². The fraction of sp³-hybridized carbons (Fsp3) is 0.154. The van der Waals surface area contributed by atoms with E-state index in [1.807, 2.05) is 0 Å². The van der Waals surface area contributed by atoms with Crippen molar-refractivity contribution in [1.82, 2.24) is 4.98 Å². The molecular weight excluding hydrogens is 286 g/mol. The van der Waals surface area contributed by atoms with E-state index in [0.717, 1.165) is 22.5 Å². The highest BCUT2D eigenvalue weighted by molar-refractivity contribution is 7.92. The van der Waals surface area contributed by atoms with Crippen LogP contribution >= 0.6 is 0 Å². The van der Waals surface area contributed by atoms with Crippen LogP contribution in [-0.4, -0.2) is 19.9 Å². The lowest BCUT2D eigenvalue weighted by atomic mass is 10.3. The van der Waals surface area contributed by atoms with Gasteiger partial charge in [0.1, 0.15) is 4.90 Å². The van der Waals surface area contributed by atoms with E-state index < -0.39 is 26.6 Å². The van der Waals surface area contributed by atoms with Gasteiger partial charge in [0.15, 0.2) is 11.6 Å². The Morgan fingerprint density at radius 3 is 2.40 bits per heavy atom. The molecule has 2 aromatic rings. The van der Waals surface area contributed by atoms with Crippen molar-refractivity contribution in [3.8, 4) is 0 Å². The molecule has 1 heterocycles. The molecule has 0 radical (unpaired) electrons. The van der Waals surface area contributed by atoms with E-state index in [1.165, 1.54) is 24.5 Å². The SMILES string of the molecule is CCN(c1ccncc1)S(=O)(=O)c1cccc(F)c1F. The second kappa shape index (κ2) is 5.54. The van der Waals surface area contributed by atoms with Gasteiger partial charge in [-0.05, 0) is 31.2 Å². The third-order valence-electron chi connectivity index (χ3n) is 2.72. The summed E-state index contributed by atoms with van der Waals surface area (Å²) >= 11 is 0. The molecule has 0 fully saturated rings. The number of halogens is 2. The Morgan fingerprint density at radius 1 is 1.15 bits per heavy atom. The molecule has 0 unspecified atom stereocenters. The van der Waals surface area contributed by atoms with Gasteiger partial charge in [0.25, 0.3) is 10.0 Å². The van der Waals surface area contributed by atoms with Crippen molar-refractivity contribution in [2.45, 2.75) is 11.8 Å². The number of hydrogen-bond donors (Lipinski definition) is 0. The van der Waals surface area contributed by atoms with Crippen molar-refractivity contribution in [3.63, 3.8) is 0 Å². The van der Waals surface area contributed by atoms with E-state index >= 15 is 0 Å². The zero-order valence-corrected chi connectivity index (χ0v) is 11.4. The van der Waals surface area contributed by atoms with E-state index in [9.17, 15) is 17.2 Å². The van der Waals surface area contributed by atoms with Crippen LogP contribution in [0.3, 0.4) is 0 Å². The molecule has 0 amide bonds. The number of benzene rings is 1. The van der Waals surface area contributed by atoms with Gasteiger partial charge >= 0.3 is 0 Å². The average Bonchev–Trinajstić information content (AvgIpc) is 2.43. The molecule has 1 aromatic heterocycles.